The van der Waals surface area contributed by atoms with Crippen LogP contribution in [0.1, 0.15) is 34.5 Å². The molecule has 0 saturated carbocycles. The fourth-order valence-corrected chi connectivity index (χ4v) is 4.38. The van der Waals surface area contributed by atoms with Gasteiger partial charge in [0, 0.05) is 41.9 Å². The van der Waals surface area contributed by atoms with Gasteiger partial charge in [-0.25, -0.2) is 0 Å². The fourth-order valence-electron chi connectivity index (χ4n) is 4.19. The van der Waals surface area contributed by atoms with E-state index in [2.05, 4.69) is 10.3 Å². The lowest BCUT2D eigenvalue weighted by molar-refractivity contribution is -0.122. The molecular formula is C22H24ClN3O2. The molecule has 3 heterocycles. The van der Waals surface area contributed by atoms with Crippen molar-refractivity contribution in [2.75, 3.05) is 19.6 Å². The highest BCUT2D eigenvalue weighted by atomic mass is 35.5. The van der Waals surface area contributed by atoms with Gasteiger partial charge in [0.15, 0.2) is 5.78 Å². The lowest BCUT2D eigenvalue weighted by Gasteiger charge is -2.34. The van der Waals surface area contributed by atoms with Crippen LogP contribution >= 0.6 is 11.6 Å². The van der Waals surface area contributed by atoms with Crippen molar-refractivity contribution in [3.8, 4) is 0 Å². The highest BCUT2D eigenvalue weighted by Gasteiger charge is 2.36. The third-order valence-electron chi connectivity index (χ3n) is 5.71. The summed E-state index contributed by atoms with van der Waals surface area (Å²) in [6.45, 7) is 2.52. The Bertz CT molecular complexity index is 865. The van der Waals surface area contributed by atoms with Crippen molar-refractivity contribution in [1.82, 2.24) is 15.2 Å². The lowest BCUT2D eigenvalue weighted by atomic mass is 9.95. The zero-order chi connectivity index (χ0) is 19.5. The lowest BCUT2D eigenvalue weighted by Crippen LogP contribution is -2.48. The number of fused-ring (bicyclic) bond motifs is 1. The predicted molar refractivity (Wildman–Crippen MR) is 109 cm³/mol. The van der Waals surface area contributed by atoms with Gasteiger partial charge in [-0.1, -0.05) is 17.7 Å². The summed E-state index contributed by atoms with van der Waals surface area (Å²) in [5.41, 5.74) is 2.14. The Morgan fingerprint density at radius 2 is 1.96 bits per heavy atom. The maximum absolute atomic E-state index is 13.5. The normalized spacial score (nSPS) is 20.8. The minimum absolute atomic E-state index is 0.0500. The smallest absolute Gasteiger partial charge is 0.254 e. The number of carbonyl (C=O) groups excluding carboxylic acids is 2. The summed E-state index contributed by atoms with van der Waals surface area (Å²) in [6, 6.07) is 10.4. The van der Waals surface area contributed by atoms with Crippen molar-refractivity contribution in [2.45, 2.75) is 31.7 Å². The number of halogens is 1. The number of carbonyl (C=O) groups is 2. The van der Waals surface area contributed by atoms with Crippen LogP contribution in [0.3, 0.4) is 0 Å². The minimum atomic E-state index is -0.497. The Morgan fingerprint density at radius 3 is 2.71 bits per heavy atom. The Balaban J connectivity index is 1.68. The van der Waals surface area contributed by atoms with Gasteiger partial charge in [0.2, 0.25) is 0 Å². The molecule has 28 heavy (non-hydrogen) atoms. The van der Waals surface area contributed by atoms with E-state index in [9.17, 15) is 9.59 Å². The van der Waals surface area contributed by atoms with Crippen LogP contribution in [0.4, 0.5) is 0 Å². The molecule has 0 aliphatic carbocycles. The predicted octanol–water partition coefficient (Wildman–Crippen LogP) is 2.91. The Labute approximate surface area is 170 Å². The van der Waals surface area contributed by atoms with Gasteiger partial charge in [-0.3, -0.25) is 14.6 Å². The molecule has 1 aromatic heterocycles. The van der Waals surface area contributed by atoms with Gasteiger partial charge in [0.05, 0.1) is 6.04 Å². The molecule has 1 N–H and O–H groups in total. The number of Topliss-reactive ketones (excluding diaryl/α,β-unsaturated/α-hetero) is 1. The molecule has 1 fully saturated rings. The van der Waals surface area contributed by atoms with E-state index in [0.29, 0.717) is 29.5 Å². The van der Waals surface area contributed by atoms with Gasteiger partial charge in [-0.05, 0) is 67.7 Å². The number of nitrogens with zero attached hydrogens (tertiary/aromatic N) is 2. The molecule has 2 aliphatic rings. The van der Waals surface area contributed by atoms with Crippen molar-refractivity contribution >= 4 is 23.3 Å². The molecule has 0 spiro atoms. The molecule has 0 unspecified atom stereocenters. The molecular weight excluding hydrogens is 374 g/mol. The van der Waals surface area contributed by atoms with Crippen molar-refractivity contribution in [3.05, 3.63) is 64.4 Å². The molecule has 1 atom stereocenters. The first kappa shape index (κ1) is 19.1. The first-order valence-corrected chi connectivity index (χ1v) is 10.2. The van der Waals surface area contributed by atoms with E-state index in [1.807, 2.05) is 18.2 Å². The maximum atomic E-state index is 13.5. The van der Waals surface area contributed by atoms with Crippen LogP contribution < -0.4 is 5.32 Å². The summed E-state index contributed by atoms with van der Waals surface area (Å²) in [5, 5.41) is 3.91. The van der Waals surface area contributed by atoms with E-state index >= 15 is 0 Å². The summed E-state index contributed by atoms with van der Waals surface area (Å²) in [6.07, 6.45) is 4.42. The van der Waals surface area contributed by atoms with Gasteiger partial charge < -0.3 is 10.2 Å². The van der Waals surface area contributed by atoms with Crippen LogP contribution in [-0.2, 0) is 17.6 Å². The van der Waals surface area contributed by atoms with Crippen LogP contribution in [0, 0.1) is 5.92 Å². The molecule has 1 amide bonds. The first-order valence-electron chi connectivity index (χ1n) is 9.84. The molecule has 2 aromatic rings. The largest absolute Gasteiger partial charge is 0.328 e. The first-order chi connectivity index (χ1) is 13.6. The van der Waals surface area contributed by atoms with Gasteiger partial charge in [0.1, 0.15) is 0 Å². The van der Waals surface area contributed by atoms with E-state index in [-0.39, 0.29) is 18.1 Å². The number of rotatable bonds is 4. The summed E-state index contributed by atoms with van der Waals surface area (Å²) in [7, 11) is 0. The molecule has 5 nitrogen and oxygen atoms in total. The Hall–Kier alpha value is -2.24. The Morgan fingerprint density at radius 1 is 1.14 bits per heavy atom. The molecule has 2 aliphatic heterocycles. The van der Waals surface area contributed by atoms with E-state index in [1.54, 1.807) is 29.3 Å². The number of hydrogen-bond donors (Lipinski definition) is 1. The number of amides is 1. The van der Waals surface area contributed by atoms with Crippen molar-refractivity contribution < 1.29 is 9.59 Å². The molecule has 4 rings (SSSR count). The van der Waals surface area contributed by atoms with Crippen LogP contribution in [0.15, 0.2) is 42.6 Å². The second kappa shape index (κ2) is 8.41. The fraction of sp³-hybridized carbons (Fsp3) is 0.409. The quantitative estimate of drug-likeness (QED) is 0.861. The van der Waals surface area contributed by atoms with E-state index in [1.165, 1.54) is 0 Å². The summed E-state index contributed by atoms with van der Waals surface area (Å²) in [5.74, 6) is 0.379. The third-order valence-corrected chi connectivity index (χ3v) is 5.95. The average molecular weight is 398 g/mol. The number of benzene rings is 1. The van der Waals surface area contributed by atoms with Gasteiger partial charge in [0.25, 0.3) is 5.91 Å². The highest BCUT2D eigenvalue weighted by Crippen LogP contribution is 2.27. The van der Waals surface area contributed by atoms with Crippen LogP contribution in [0.25, 0.3) is 0 Å². The van der Waals surface area contributed by atoms with Crippen molar-refractivity contribution in [1.29, 1.82) is 0 Å². The second-order valence-electron chi connectivity index (χ2n) is 7.64. The monoisotopic (exact) mass is 397 g/mol. The summed E-state index contributed by atoms with van der Waals surface area (Å²) < 4.78 is 0. The number of pyridine rings is 1. The zero-order valence-electron chi connectivity index (χ0n) is 15.7. The average Bonchev–Trinajstić information content (AvgIpc) is 2.79. The molecule has 6 heteroatoms. The number of nitrogens with one attached hydrogen (secondary N) is 1. The third kappa shape index (κ3) is 4.10. The maximum Gasteiger partial charge on any atom is 0.254 e. The van der Waals surface area contributed by atoms with Crippen LogP contribution in [0.2, 0.25) is 5.02 Å². The molecule has 0 radical (unpaired) electrons. The number of ketones is 1. The van der Waals surface area contributed by atoms with Gasteiger partial charge in [-0.15, -0.1) is 0 Å². The zero-order valence-corrected chi connectivity index (χ0v) is 16.5. The molecule has 1 aromatic carbocycles. The van der Waals surface area contributed by atoms with E-state index in [0.717, 1.165) is 37.2 Å². The highest BCUT2D eigenvalue weighted by molar-refractivity contribution is 6.30. The van der Waals surface area contributed by atoms with Crippen LogP contribution in [0.5, 0.6) is 0 Å². The molecule has 0 bridgehead atoms. The van der Waals surface area contributed by atoms with Crippen LogP contribution in [-0.4, -0.2) is 47.3 Å². The molecule has 1 saturated heterocycles. The summed E-state index contributed by atoms with van der Waals surface area (Å²) >= 11 is 6.13. The second-order valence-corrected chi connectivity index (χ2v) is 8.07. The van der Waals surface area contributed by atoms with E-state index < -0.39 is 6.04 Å². The Kier molecular flexibility index (Phi) is 5.74. The number of piperidine rings is 1. The van der Waals surface area contributed by atoms with Gasteiger partial charge >= 0.3 is 0 Å². The standard InChI is InChI=1S/C22H24ClN3O2/c23-17-4-5-19-16(11-17)12-21(27)20(13-18-3-1-2-8-25-18)26(22(19)28)14-15-6-9-24-10-7-15/h1-5,8,11,15,20,24H,6-7,9-10,12-14H2/t20-/m1/s1. The van der Waals surface area contributed by atoms with Crippen molar-refractivity contribution in [3.63, 3.8) is 0 Å². The minimum Gasteiger partial charge on any atom is -0.328 e. The summed E-state index contributed by atoms with van der Waals surface area (Å²) in [4.78, 5) is 32.9. The van der Waals surface area contributed by atoms with E-state index in [4.69, 9.17) is 11.6 Å². The topological polar surface area (TPSA) is 62.3 Å². The van der Waals surface area contributed by atoms with Crippen molar-refractivity contribution in [2.24, 2.45) is 5.92 Å². The molecule has 146 valence electrons. The SMILES string of the molecule is O=C1Cc2cc(Cl)ccc2C(=O)N(CC2CCNCC2)[C@@H]1Cc1ccccn1. The van der Waals surface area contributed by atoms with Gasteiger partial charge in [-0.2, -0.15) is 0 Å². The number of aromatic nitrogens is 1. The number of hydrogen-bond acceptors (Lipinski definition) is 4.